The zero-order valence-electron chi connectivity index (χ0n) is 11.8. The van der Waals surface area contributed by atoms with Gasteiger partial charge in [0.2, 0.25) is 0 Å². The van der Waals surface area contributed by atoms with Crippen LogP contribution in [0, 0.1) is 0 Å². The maximum Gasteiger partial charge on any atom is 0.360 e. The molecule has 0 saturated carbocycles. The first-order valence-corrected chi connectivity index (χ1v) is 6.94. The highest BCUT2D eigenvalue weighted by molar-refractivity contribution is 5.88. The lowest BCUT2D eigenvalue weighted by molar-refractivity contribution is 0.0518. The lowest BCUT2D eigenvalue weighted by Gasteiger charge is -2.06. The molecule has 0 spiro atoms. The number of aryl methyl sites for hydroxylation is 1. The third kappa shape index (κ3) is 4.63. The Morgan fingerprint density at radius 3 is 2.74 bits per heavy atom. The van der Waals surface area contributed by atoms with Crippen LogP contribution in [0.5, 0.6) is 0 Å². The van der Waals surface area contributed by atoms with Gasteiger partial charge in [-0.2, -0.15) is 0 Å². The lowest BCUT2D eigenvalue weighted by Crippen LogP contribution is -2.11. The van der Waals surface area contributed by atoms with E-state index in [-0.39, 0.29) is 6.61 Å². The first kappa shape index (κ1) is 15.6. The van der Waals surface area contributed by atoms with Crippen LogP contribution in [0.3, 0.4) is 0 Å². The SMILES string of the molecule is CCCc1c(C(=O)OCC)nnn1CCCCCO. The summed E-state index contributed by atoms with van der Waals surface area (Å²) in [6, 6.07) is 0. The van der Waals surface area contributed by atoms with E-state index in [2.05, 4.69) is 17.2 Å². The highest BCUT2D eigenvalue weighted by atomic mass is 16.5. The second-order valence-electron chi connectivity index (χ2n) is 4.36. The van der Waals surface area contributed by atoms with Crippen molar-refractivity contribution in [3.63, 3.8) is 0 Å². The van der Waals surface area contributed by atoms with E-state index in [1.54, 1.807) is 11.6 Å². The van der Waals surface area contributed by atoms with E-state index in [0.29, 0.717) is 12.3 Å². The van der Waals surface area contributed by atoms with Crippen LogP contribution in [0.4, 0.5) is 0 Å². The predicted octanol–water partition coefficient (Wildman–Crippen LogP) is 1.57. The summed E-state index contributed by atoms with van der Waals surface area (Å²) < 4.78 is 6.77. The number of aliphatic hydroxyl groups is 1. The molecule has 0 radical (unpaired) electrons. The molecule has 0 aliphatic heterocycles. The Morgan fingerprint density at radius 1 is 1.32 bits per heavy atom. The molecule has 1 N–H and O–H groups in total. The average Bonchev–Trinajstić information content (AvgIpc) is 2.79. The largest absolute Gasteiger partial charge is 0.461 e. The van der Waals surface area contributed by atoms with Crippen molar-refractivity contribution in [2.24, 2.45) is 0 Å². The number of ether oxygens (including phenoxy) is 1. The van der Waals surface area contributed by atoms with E-state index >= 15 is 0 Å². The number of esters is 1. The van der Waals surface area contributed by atoms with Gasteiger partial charge < -0.3 is 9.84 Å². The number of carbonyl (C=O) groups is 1. The molecule has 0 saturated heterocycles. The second kappa shape index (κ2) is 8.63. The zero-order chi connectivity index (χ0) is 14.1. The number of hydrogen-bond acceptors (Lipinski definition) is 5. The monoisotopic (exact) mass is 269 g/mol. The van der Waals surface area contributed by atoms with Crippen molar-refractivity contribution < 1.29 is 14.6 Å². The van der Waals surface area contributed by atoms with E-state index < -0.39 is 5.97 Å². The smallest absolute Gasteiger partial charge is 0.360 e. The van der Waals surface area contributed by atoms with Gasteiger partial charge in [0.25, 0.3) is 0 Å². The minimum absolute atomic E-state index is 0.216. The summed E-state index contributed by atoms with van der Waals surface area (Å²) in [6.07, 6.45) is 4.35. The Balaban J connectivity index is 2.72. The van der Waals surface area contributed by atoms with Crippen molar-refractivity contribution in [2.45, 2.75) is 52.5 Å². The predicted molar refractivity (Wildman–Crippen MR) is 70.9 cm³/mol. The molecule has 0 unspecified atom stereocenters. The minimum Gasteiger partial charge on any atom is -0.461 e. The van der Waals surface area contributed by atoms with Crippen LogP contribution in [0.25, 0.3) is 0 Å². The van der Waals surface area contributed by atoms with Gasteiger partial charge in [0.05, 0.1) is 12.3 Å². The Kier molecular flexibility index (Phi) is 7.10. The van der Waals surface area contributed by atoms with Crippen LogP contribution in [0.1, 0.15) is 55.7 Å². The fourth-order valence-corrected chi connectivity index (χ4v) is 1.90. The van der Waals surface area contributed by atoms with Gasteiger partial charge in [-0.05, 0) is 32.6 Å². The van der Waals surface area contributed by atoms with Crippen molar-refractivity contribution in [1.29, 1.82) is 0 Å². The van der Waals surface area contributed by atoms with Crippen LogP contribution in [0.2, 0.25) is 0 Å². The van der Waals surface area contributed by atoms with Crippen molar-refractivity contribution in [2.75, 3.05) is 13.2 Å². The summed E-state index contributed by atoms with van der Waals surface area (Å²) in [4.78, 5) is 11.8. The first-order chi connectivity index (χ1) is 9.24. The fraction of sp³-hybridized carbons (Fsp3) is 0.769. The third-order valence-electron chi connectivity index (χ3n) is 2.82. The number of carbonyl (C=O) groups excluding carboxylic acids is 1. The van der Waals surface area contributed by atoms with E-state index in [1.165, 1.54) is 0 Å². The highest BCUT2D eigenvalue weighted by Gasteiger charge is 2.19. The number of aromatic nitrogens is 3. The summed E-state index contributed by atoms with van der Waals surface area (Å²) in [5.74, 6) is -0.396. The average molecular weight is 269 g/mol. The molecule has 0 aromatic carbocycles. The van der Waals surface area contributed by atoms with Gasteiger partial charge in [-0.25, -0.2) is 9.48 Å². The molecule has 0 aliphatic carbocycles. The van der Waals surface area contributed by atoms with Gasteiger partial charge in [0, 0.05) is 13.2 Å². The molecule has 0 bridgehead atoms. The van der Waals surface area contributed by atoms with E-state index in [1.807, 2.05) is 0 Å². The van der Waals surface area contributed by atoms with Crippen LogP contribution in [-0.4, -0.2) is 39.3 Å². The fourth-order valence-electron chi connectivity index (χ4n) is 1.90. The summed E-state index contributed by atoms with van der Waals surface area (Å²) in [7, 11) is 0. The molecule has 0 fully saturated rings. The van der Waals surface area contributed by atoms with E-state index in [9.17, 15) is 4.79 Å². The molecular formula is C13H23N3O3. The molecule has 0 atom stereocenters. The maximum atomic E-state index is 11.8. The highest BCUT2D eigenvalue weighted by Crippen LogP contribution is 2.11. The number of unbranched alkanes of at least 4 members (excludes halogenated alkanes) is 2. The van der Waals surface area contributed by atoms with Crippen LogP contribution < -0.4 is 0 Å². The number of nitrogens with zero attached hydrogens (tertiary/aromatic N) is 3. The molecule has 0 aliphatic rings. The molecule has 19 heavy (non-hydrogen) atoms. The van der Waals surface area contributed by atoms with E-state index in [0.717, 1.165) is 44.3 Å². The van der Waals surface area contributed by atoms with Crippen LogP contribution in [0.15, 0.2) is 0 Å². The third-order valence-corrected chi connectivity index (χ3v) is 2.82. The van der Waals surface area contributed by atoms with Gasteiger partial charge in [0.1, 0.15) is 0 Å². The van der Waals surface area contributed by atoms with Crippen LogP contribution >= 0.6 is 0 Å². The van der Waals surface area contributed by atoms with Gasteiger partial charge in [-0.3, -0.25) is 0 Å². The number of rotatable bonds is 9. The molecule has 0 amide bonds. The van der Waals surface area contributed by atoms with Crippen LogP contribution in [-0.2, 0) is 17.7 Å². The molecule has 108 valence electrons. The maximum absolute atomic E-state index is 11.8. The summed E-state index contributed by atoms with van der Waals surface area (Å²) in [5, 5.41) is 16.7. The minimum atomic E-state index is -0.396. The van der Waals surface area contributed by atoms with Gasteiger partial charge >= 0.3 is 5.97 Å². The first-order valence-electron chi connectivity index (χ1n) is 6.94. The van der Waals surface area contributed by atoms with E-state index in [4.69, 9.17) is 9.84 Å². The van der Waals surface area contributed by atoms with Gasteiger partial charge in [-0.15, -0.1) is 5.10 Å². The van der Waals surface area contributed by atoms with Crippen molar-refractivity contribution in [3.05, 3.63) is 11.4 Å². The number of hydrogen-bond donors (Lipinski definition) is 1. The Hall–Kier alpha value is -1.43. The van der Waals surface area contributed by atoms with Crippen molar-refractivity contribution in [3.8, 4) is 0 Å². The van der Waals surface area contributed by atoms with Crippen molar-refractivity contribution >= 4 is 5.97 Å². The molecule has 1 rings (SSSR count). The van der Waals surface area contributed by atoms with Gasteiger partial charge in [0.15, 0.2) is 5.69 Å². The normalized spacial score (nSPS) is 10.7. The standard InChI is InChI=1S/C13H23N3O3/c1-3-8-11-12(13(18)19-4-2)14-15-16(11)9-6-5-7-10-17/h17H,3-10H2,1-2H3. The Bertz CT molecular complexity index is 390. The molecule has 6 heteroatoms. The lowest BCUT2D eigenvalue weighted by atomic mass is 10.2. The number of aliphatic hydroxyl groups excluding tert-OH is 1. The molecular weight excluding hydrogens is 246 g/mol. The quantitative estimate of drug-likeness (QED) is 0.544. The topological polar surface area (TPSA) is 77.2 Å². The molecule has 1 heterocycles. The molecule has 1 aromatic rings. The zero-order valence-corrected chi connectivity index (χ0v) is 11.8. The summed E-state index contributed by atoms with van der Waals surface area (Å²) >= 11 is 0. The Morgan fingerprint density at radius 2 is 2.11 bits per heavy atom. The second-order valence-corrected chi connectivity index (χ2v) is 4.36. The summed E-state index contributed by atoms with van der Waals surface area (Å²) in [5.41, 5.74) is 1.19. The molecule has 1 aromatic heterocycles. The summed E-state index contributed by atoms with van der Waals surface area (Å²) in [6.45, 7) is 5.11. The van der Waals surface area contributed by atoms with Gasteiger partial charge in [-0.1, -0.05) is 18.6 Å². The van der Waals surface area contributed by atoms with Crippen molar-refractivity contribution in [1.82, 2.24) is 15.0 Å². The molecule has 6 nitrogen and oxygen atoms in total. The Labute approximate surface area is 113 Å².